The number of likely N-dealkylation sites (tertiary alicyclic amines) is 1. The summed E-state index contributed by atoms with van der Waals surface area (Å²) in [5, 5.41) is 4.42. The fourth-order valence-corrected chi connectivity index (χ4v) is 5.96. The van der Waals surface area contributed by atoms with Gasteiger partial charge in [-0.1, -0.05) is 12.1 Å². The zero-order valence-corrected chi connectivity index (χ0v) is 24.6. The summed E-state index contributed by atoms with van der Waals surface area (Å²) in [6.07, 6.45) is 4.15. The number of primary amides is 1. The molecule has 3 amide bonds. The fourth-order valence-electron chi connectivity index (χ4n) is 5.96. The third-order valence-electron chi connectivity index (χ3n) is 8.19. The van der Waals surface area contributed by atoms with E-state index in [1.807, 2.05) is 6.07 Å². The van der Waals surface area contributed by atoms with E-state index in [9.17, 15) is 18.8 Å². The molecule has 5 aromatic rings. The Bertz CT molecular complexity index is 2010. The highest BCUT2D eigenvalue weighted by Crippen LogP contribution is 2.38. The Morgan fingerprint density at radius 1 is 0.956 bits per heavy atom. The quantitative estimate of drug-likeness (QED) is 0.307. The number of hydrogen-bond acceptors (Lipinski definition) is 6. The molecular formula is C32H30F2N8O3. The van der Waals surface area contributed by atoms with Crippen LogP contribution in [0.15, 0.2) is 71.9 Å². The van der Waals surface area contributed by atoms with E-state index in [-0.39, 0.29) is 40.0 Å². The first-order chi connectivity index (χ1) is 21.5. The number of rotatable bonds is 5. The number of nitrogen functional groups attached to an aromatic ring is 1. The summed E-state index contributed by atoms with van der Waals surface area (Å²) < 4.78 is 32.3. The molecule has 0 aliphatic carbocycles. The molecule has 6 rings (SSSR count). The van der Waals surface area contributed by atoms with Gasteiger partial charge in [0.25, 0.3) is 11.5 Å². The number of nitrogens with zero attached hydrogens (tertiary/aromatic N) is 6. The van der Waals surface area contributed by atoms with Crippen molar-refractivity contribution in [1.82, 2.24) is 29.0 Å². The summed E-state index contributed by atoms with van der Waals surface area (Å²) in [6, 6.07) is 12.8. The predicted octanol–water partition coefficient (Wildman–Crippen LogP) is 4.03. The average molecular weight is 613 g/mol. The van der Waals surface area contributed by atoms with Gasteiger partial charge in [0, 0.05) is 67.4 Å². The highest BCUT2D eigenvalue weighted by Gasteiger charge is 2.29. The van der Waals surface area contributed by atoms with E-state index in [1.54, 1.807) is 40.5 Å². The number of halogens is 2. The van der Waals surface area contributed by atoms with Gasteiger partial charge in [-0.05, 0) is 60.9 Å². The zero-order chi connectivity index (χ0) is 32.0. The third kappa shape index (κ3) is 5.26. The van der Waals surface area contributed by atoms with Crippen LogP contribution in [0.25, 0.3) is 33.5 Å². The molecule has 1 aliphatic heterocycles. The van der Waals surface area contributed by atoms with Gasteiger partial charge in [0.05, 0.1) is 0 Å². The minimum atomic E-state index is -0.984. The second kappa shape index (κ2) is 11.5. The number of piperidine rings is 1. The SMILES string of the molecule is CN(C)C(=O)N1CCC(c2cc(-c3ccc(-c4ccn(-c5ccc(F)cc5)c(=O)c4C(N)=O)cc3F)c3c(N)ncnn23)CC1. The number of urea groups is 1. The van der Waals surface area contributed by atoms with Crippen molar-refractivity contribution in [2.75, 3.05) is 32.9 Å². The largest absolute Gasteiger partial charge is 0.382 e. The van der Waals surface area contributed by atoms with Gasteiger partial charge in [0.15, 0.2) is 5.82 Å². The minimum absolute atomic E-state index is 0.0415. The number of nitrogens with two attached hydrogens (primary N) is 2. The molecule has 4 heterocycles. The molecular weight excluding hydrogens is 582 g/mol. The standard InChI is InChI=1S/C32H30F2N8O3/c1-39(2)32(45)40-12-9-18(10-13-40)26-16-24(28-29(35)37-17-38-42(26)28)23-8-3-19(15-25(23)34)22-11-14-41(31(44)27(22)30(36)43)21-6-4-20(33)5-7-21/h3-8,11,14-18H,9-10,12-13H2,1-2H3,(H2,36,43)(H2,35,37,38). The highest BCUT2D eigenvalue weighted by atomic mass is 19.1. The van der Waals surface area contributed by atoms with Gasteiger partial charge >= 0.3 is 6.03 Å². The van der Waals surface area contributed by atoms with Crippen LogP contribution in [-0.2, 0) is 0 Å². The third-order valence-corrected chi connectivity index (χ3v) is 8.19. The first kappa shape index (κ1) is 29.5. The second-order valence-corrected chi connectivity index (χ2v) is 11.1. The number of anilines is 1. The lowest BCUT2D eigenvalue weighted by atomic mass is 9.92. The van der Waals surface area contributed by atoms with Crippen LogP contribution in [0.1, 0.15) is 34.8 Å². The monoisotopic (exact) mass is 612 g/mol. The second-order valence-electron chi connectivity index (χ2n) is 11.1. The molecule has 2 aromatic carbocycles. The summed E-state index contributed by atoms with van der Waals surface area (Å²) >= 11 is 0. The molecule has 1 saturated heterocycles. The molecule has 1 fully saturated rings. The molecule has 230 valence electrons. The zero-order valence-electron chi connectivity index (χ0n) is 24.6. The number of pyridine rings is 1. The van der Waals surface area contributed by atoms with Crippen LogP contribution in [0.3, 0.4) is 0 Å². The minimum Gasteiger partial charge on any atom is -0.382 e. The van der Waals surface area contributed by atoms with E-state index in [4.69, 9.17) is 11.5 Å². The number of aromatic nitrogens is 4. The van der Waals surface area contributed by atoms with Crippen molar-refractivity contribution in [3.8, 4) is 27.9 Å². The van der Waals surface area contributed by atoms with Crippen molar-refractivity contribution in [3.05, 3.63) is 100 Å². The first-order valence-electron chi connectivity index (χ1n) is 14.2. The number of hydrogen-bond donors (Lipinski definition) is 2. The maximum absolute atomic E-state index is 16.0. The Kier molecular flexibility index (Phi) is 7.52. The van der Waals surface area contributed by atoms with E-state index in [0.717, 1.165) is 5.69 Å². The van der Waals surface area contributed by atoms with E-state index in [2.05, 4.69) is 10.1 Å². The molecule has 0 unspecified atom stereocenters. The van der Waals surface area contributed by atoms with Crippen LogP contribution in [0.5, 0.6) is 0 Å². The number of benzene rings is 2. The molecule has 4 N–H and O–H groups in total. The van der Waals surface area contributed by atoms with E-state index in [1.165, 1.54) is 53.5 Å². The smallest absolute Gasteiger partial charge is 0.319 e. The Labute approximate surface area is 256 Å². The lowest BCUT2D eigenvalue weighted by Crippen LogP contribution is -2.43. The molecule has 1 aliphatic rings. The van der Waals surface area contributed by atoms with Crippen LogP contribution < -0.4 is 17.0 Å². The maximum Gasteiger partial charge on any atom is 0.319 e. The summed E-state index contributed by atoms with van der Waals surface area (Å²) in [7, 11) is 3.44. The van der Waals surface area contributed by atoms with Gasteiger partial charge in [-0.15, -0.1) is 0 Å². The van der Waals surface area contributed by atoms with Gasteiger partial charge < -0.3 is 21.3 Å². The Balaban J connectivity index is 1.39. The summed E-state index contributed by atoms with van der Waals surface area (Å²) in [6.45, 7) is 1.13. The predicted molar refractivity (Wildman–Crippen MR) is 165 cm³/mol. The normalized spacial score (nSPS) is 13.7. The highest BCUT2D eigenvalue weighted by molar-refractivity contribution is 6.00. The van der Waals surface area contributed by atoms with Crippen molar-refractivity contribution < 1.29 is 18.4 Å². The molecule has 0 saturated carbocycles. The lowest BCUT2D eigenvalue weighted by Gasteiger charge is -2.33. The molecule has 0 radical (unpaired) electrons. The Hall–Kier alpha value is -5.59. The first-order valence-corrected chi connectivity index (χ1v) is 14.2. The molecule has 0 spiro atoms. The molecule has 3 aromatic heterocycles. The van der Waals surface area contributed by atoms with Gasteiger partial charge in [0.2, 0.25) is 0 Å². The topological polar surface area (TPSA) is 145 Å². The van der Waals surface area contributed by atoms with Crippen molar-refractivity contribution in [2.24, 2.45) is 5.73 Å². The molecule has 45 heavy (non-hydrogen) atoms. The van der Waals surface area contributed by atoms with Crippen LogP contribution >= 0.6 is 0 Å². The Morgan fingerprint density at radius 3 is 2.31 bits per heavy atom. The number of amides is 3. The molecule has 0 bridgehead atoms. The van der Waals surface area contributed by atoms with Crippen molar-refractivity contribution in [2.45, 2.75) is 18.8 Å². The lowest BCUT2D eigenvalue weighted by molar-refractivity contribution is 0.0999. The van der Waals surface area contributed by atoms with Gasteiger partial charge in [-0.25, -0.2) is 23.1 Å². The van der Waals surface area contributed by atoms with Crippen molar-refractivity contribution >= 4 is 23.3 Å². The number of carbonyl (C=O) groups excluding carboxylic acids is 2. The van der Waals surface area contributed by atoms with Crippen molar-refractivity contribution in [1.29, 1.82) is 0 Å². The number of carbonyl (C=O) groups is 2. The van der Waals surface area contributed by atoms with Gasteiger partial charge in [-0.3, -0.25) is 14.2 Å². The summed E-state index contributed by atoms with van der Waals surface area (Å²) in [5.41, 5.74) is 13.6. The number of fused-ring (bicyclic) bond motifs is 1. The molecule has 13 heteroatoms. The summed E-state index contributed by atoms with van der Waals surface area (Å²) in [5.74, 6) is -1.87. The average Bonchev–Trinajstić information content (AvgIpc) is 3.41. The molecule has 11 nitrogen and oxygen atoms in total. The van der Waals surface area contributed by atoms with Crippen LogP contribution in [0.2, 0.25) is 0 Å². The van der Waals surface area contributed by atoms with E-state index < -0.39 is 23.1 Å². The van der Waals surface area contributed by atoms with Crippen LogP contribution in [0.4, 0.5) is 19.4 Å². The maximum atomic E-state index is 16.0. The molecule has 0 atom stereocenters. The van der Waals surface area contributed by atoms with Gasteiger partial charge in [0.1, 0.15) is 29.0 Å². The van der Waals surface area contributed by atoms with Crippen LogP contribution in [0, 0.1) is 11.6 Å². The van der Waals surface area contributed by atoms with Crippen molar-refractivity contribution in [3.63, 3.8) is 0 Å². The summed E-state index contributed by atoms with van der Waals surface area (Å²) in [4.78, 5) is 45.7. The van der Waals surface area contributed by atoms with Gasteiger partial charge in [-0.2, -0.15) is 5.10 Å². The van der Waals surface area contributed by atoms with E-state index >= 15 is 4.39 Å². The fraction of sp³-hybridized carbons (Fsp3) is 0.219. The van der Waals surface area contributed by atoms with Crippen LogP contribution in [-0.4, -0.2) is 68.1 Å². The Morgan fingerprint density at radius 2 is 1.67 bits per heavy atom. The van der Waals surface area contributed by atoms with E-state index in [0.29, 0.717) is 42.7 Å².